The number of fused-ring (bicyclic) bond motifs is 2. The molecule has 0 spiro atoms. The number of hydrogen-bond donors (Lipinski definition) is 1. The number of pyridine rings is 1. The van der Waals surface area contributed by atoms with E-state index in [1.807, 2.05) is 42.5 Å². The van der Waals surface area contributed by atoms with Gasteiger partial charge in [0.05, 0.1) is 11.2 Å². The van der Waals surface area contributed by atoms with Crippen LogP contribution >= 0.6 is 0 Å². The number of nitrogens with zero attached hydrogens (tertiary/aromatic N) is 4. The van der Waals surface area contributed by atoms with Gasteiger partial charge < -0.3 is 0 Å². The first-order valence-electron chi connectivity index (χ1n) is 10.8. The van der Waals surface area contributed by atoms with Gasteiger partial charge in [0.2, 0.25) is 0 Å². The average molecular weight is 424 g/mol. The Morgan fingerprint density at radius 1 is 0.844 bits per heavy atom. The van der Waals surface area contributed by atoms with Crippen molar-refractivity contribution >= 4 is 16.7 Å². The van der Waals surface area contributed by atoms with Crippen molar-refractivity contribution in [1.82, 2.24) is 24.6 Å². The fraction of sp³-hybridized carbons (Fsp3) is 0.231. The molecule has 6 heteroatoms. The fourth-order valence-corrected chi connectivity index (χ4v) is 3.82. The number of para-hydroxylation sites is 1. The quantitative estimate of drug-likeness (QED) is 0.454. The standard InChI is InChI=1S/C26H25N5O/c1-26(2,3)19-11-8-18(9-12-19)24-29-25-28-21(16-23(32)31(25)30-24)15-14-20-13-10-17-6-4-5-7-22(17)27-20/h4-13,16H,14-15H2,1-3H3,(H,28,29,30). The highest BCUT2D eigenvalue weighted by molar-refractivity contribution is 5.78. The molecule has 5 aromatic rings. The molecule has 1 N–H and O–H groups in total. The normalized spacial score (nSPS) is 12.0. The minimum absolute atomic E-state index is 0.0830. The van der Waals surface area contributed by atoms with Crippen LogP contribution in [0.4, 0.5) is 0 Å². The highest BCUT2D eigenvalue weighted by Gasteiger charge is 2.15. The maximum atomic E-state index is 12.7. The minimum Gasteiger partial charge on any atom is -0.271 e. The summed E-state index contributed by atoms with van der Waals surface area (Å²) in [5, 5.41) is 4.20. The van der Waals surface area contributed by atoms with Gasteiger partial charge in [-0.25, -0.2) is 4.98 Å². The molecular formula is C26H25N5O. The SMILES string of the molecule is CC(C)(C)c1ccc(-c2nc3nc(CCc4ccc5ccccc5n4)cc(=O)n3[nH]2)cc1. The third kappa shape index (κ3) is 3.91. The number of nitrogens with one attached hydrogen (secondary N) is 1. The van der Waals surface area contributed by atoms with E-state index in [0.29, 0.717) is 30.1 Å². The lowest BCUT2D eigenvalue weighted by atomic mass is 9.87. The highest BCUT2D eigenvalue weighted by Crippen LogP contribution is 2.25. The summed E-state index contributed by atoms with van der Waals surface area (Å²) in [6.45, 7) is 6.55. The monoisotopic (exact) mass is 423 g/mol. The third-order valence-electron chi connectivity index (χ3n) is 5.70. The van der Waals surface area contributed by atoms with Crippen molar-refractivity contribution in [2.75, 3.05) is 0 Å². The molecule has 3 aromatic heterocycles. The van der Waals surface area contributed by atoms with Crippen molar-refractivity contribution in [3.05, 3.63) is 94.0 Å². The lowest BCUT2D eigenvalue weighted by Crippen LogP contribution is -2.16. The van der Waals surface area contributed by atoms with Gasteiger partial charge in [0, 0.05) is 22.7 Å². The van der Waals surface area contributed by atoms with E-state index < -0.39 is 0 Å². The average Bonchev–Trinajstić information content (AvgIpc) is 3.22. The maximum absolute atomic E-state index is 12.7. The molecule has 0 fully saturated rings. The van der Waals surface area contributed by atoms with Gasteiger partial charge in [-0.15, -0.1) is 0 Å². The smallest absolute Gasteiger partial charge is 0.271 e. The van der Waals surface area contributed by atoms with Crippen LogP contribution in [-0.2, 0) is 18.3 Å². The van der Waals surface area contributed by atoms with Gasteiger partial charge in [-0.2, -0.15) is 9.50 Å². The topological polar surface area (TPSA) is 75.9 Å². The van der Waals surface area contributed by atoms with Crippen molar-refractivity contribution in [3.63, 3.8) is 0 Å². The highest BCUT2D eigenvalue weighted by atomic mass is 16.1. The zero-order valence-corrected chi connectivity index (χ0v) is 18.5. The van der Waals surface area contributed by atoms with E-state index in [-0.39, 0.29) is 11.0 Å². The van der Waals surface area contributed by atoms with Gasteiger partial charge in [-0.05, 0) is 36.0 Å². The second-order valence-electron chi connectivity index (χ2n) is 9.12. The lowest BCUT2D eigenvalue weighted by molar-refractivity contribution is 0.590. The minimum atomic E-state index is -0.165. The summed E-state index contributed by atoms with van der Waals surface area (Å²) in [6, 6.07) is 22.0. The molecule has 0 aliphatic heterocycles. The molecule has 5 rings (SSSR count). The first kappa shape index (κ1) is 20.1. The van der Waals surface area contributed by atoms with Crippen molar-refractivity contribution in [1.29, 1.82) is 0 Å². The molecule has 0 saturated carbocycles. The fourth-order valence-electron chi connectivity index (χ4n) is 3.82. The second-order valence-corrected chi connectivity index (χ2v) is 9.12. The molecule has 32 heavy (non-hydrogen) atoms. The van der Waals surface area contributed by atoms with Gasteiger partial charge in [-0.1, -0.05) is 69.3 Å². The summed E-state index contributed by atoms with van der Waals surface area (Å²) in [6.07, 6.45) is 1.33. The van der Waals surface area contributed by atoms with Gasteiger partial charge in [0.15, 0.2) is 5.82 Å². The van der Waals surface area contributed by atoms with Crippen LogP contribution in [0, 0.1) is 0 Å². The molecule has 0 saturated heterocycles. The molecule has 0 bridgehead atoms. The van der Waals surface area contributed by atoms with E-state index in [9.17, 15) is 4.79 Å². The van der Waals surface area contributed by atoms with Crippen LogP contribution in [0.1, 0.15) is 37.7 Å². The van der Waals surface area contributed by atoms with Crippen molar-refractivity contribution < 1.29 is 0 Å². The Hall–Kier alpha value is -3.80. The third-order valence-corrected chi connectivity index (χ3v) is 5.70. The molecule has 0 aliphatic rings. The molecule has 0 radical (unpaired) electrons. The van der Waals surface area contributed by atoms with Crippen molar-refractivity contribution in [2.24, 2.45) is 0 Å². The van der Waals surface area contributed by atoms with Crippen LogP contribution in [0.5, 0.6) is 0 Å². The van der Waals surface area contributed by atoms with E-state index in [1.165, 1.54) is 10.1 Å². The number of rotatable bonds is 4. The van der Waals surface area contributed by atoms with Crippen LogP contribution < -0.4 is 5.56 Å². The first-order chi connectivity index (χ1) is 15.4. The van der Waals surface area contributed by atoms with Crippen LogP contribution in [0.2, 0.25) is 0 Å². The van der Waals surface area contributed by atoms with E-state index in [0.717, 1.165) is 22.2 Å². The summed E-state index contributed by atoms with van der Waals surface area (Å²) in [5.41, 5.74) is 4.75. The number of aromatic nitrogens is 5. The summed E-state index contributed by atoms with van der Waals surface area (Å²) < 4.78 is 1.39. The Morgan fingerprint density at radius 3 is 2.38 bits per heavy atom. The van der Waals surface area contributed by atoms with Crippen LogP contribution in [0.15, 0.2) is 71.5 Å². The van der Waals surface area contributed by atoms with Crippen molar-refractivity contribution in [2.45, 2.75) is 39.0 Å². The Balaban J connectivity index is 1.40. The number of benzene rings is 2. The summed E-state index contributed by atoms with van der Waals surface area (Å²) in [4.78, 5) is 26.5. The molecular weight excluding hydrogens is 398 g/mol. The zero-order chi connectivity index (χ0) is 22.3. The van der Waals surface area contributed by atoms with E-state index >= 15 is 0 Å². The predicted octanol–water partition coefficient (Wildman–Crippen LogP) is 4.72. The molecule has 6 nitrogen and oxygen atoms in total. The number of aromatic amines is 1. The Morgan fingerprint density at radius 2 is 1.59 bits per heavy atom. The van der Waals surface area contributed by atoms with Gasteiger partial charge in [-0.3, -0.25) is 14.9 Å². The summed E-state index contributed by atoms with van der Waals surface area (Å²) in [5.74, 6) is 1.01. The molecule has 2 aromatic carbocycles. The molecule has 0 amide bonds. The largest absolute Gasteiger partial charge is 0.274 e. The van der Waals surface area contributed by atoms with E-state index in [4.69, 9.17) is 4.98 Å². The number of H-pyrrole nitrogens is 1. The Kier molecular flexibility index (Phi) is 4.85. The summed E-state index contributed by atoms with van der Waals surface area (Å²) >= 11 is 0. The Labute approximate surface area is 186 Å². The Bertz CT molecular complexity index is 1470. The molecule has 0 atom stereocenters. The predicted molar refractivity (Wildman–Crippen MR) is 127 cm³/mol. The van der Waals surface area contributed by atoms with Gasteiger partial charge in [0.25, 0.3) is 11.3 Å². The number of hydrogen-bond acceptors (Lipinski definition) is 4. The van der Waals surface area contributed by atoms with E-state index in [1.54, 1.807) is 6.07 Å². The molecule has 0 aliphatic carbocycles. The van der Waals surface area contributed by atoms with Gasteiger partial charge in [0.1, 0.15) is 0 Å². The van der Waals surface area contributed by atoms with Gasteiger partial charge >= 0.3 is 0 Å². The zero-order valence-electron chi connectivity index (χ0n) is 18.5. The van der Waals surface area contributed by atoms with Crippen LogP contribution in [0.25, 0.3) is 28.1 Å². The molecule has 0 unspecified atom stereocenters. The molecule has 3 heterocycles. The van der Waals surface area contributed by atoms with Crippen molar-refractivity contribution in [3.8, 4) is 11.4 Å². The maximum Gasteiger partial charge on any atom is 0.274 e. The lowest BCUT2D eigenvalue weighted by Gasteiger charge is -2.18. The second kappa shape index (κ2) is 7.71. The van der Waals surface area contributed by atoms with E-state index in [2.05, 4.69) is 54.0 Å². The molecule has 160 valence electrons. The first-order valence-corrected chi connectivity index (χ1v) is 10.8. The summed E-state index contributed by atoms with van der Waals surface area (Å²) in [7, 11) is 0. The number of aryl methyl sites for hydroxylation is 2. The van der Waals surface area contributed by atoms with Crippen LogP contribution in [0.3, 0.4) is 0 Å². The van der Waals surface area contributed by atoms with Crippen LogP contribution in [-0.4, -0.2) is 24.6 Å².